The number of methoxy groups -OCH3 is 1. The third-order valence-electron chi connectivity index (χ3n) is 2.84. The van der Waals surface area contributed by atoms with Crippen molar-refractivity contribution in [2.45, 2.75) is 13.0 Å². The number of aryl methyl sites for hydroxylation is 1. The number of esters is 1. The number of ether oxygens (including phenoxy) is 1. The van der Waals surface area contributed by atoms with E-state index in [1.165, 1.54) is 7.11 Å². The second-order valence-corrected chi connectivity index (χ2v) is 4.24. The van der Waals surface area contributed by atoms with Crippen molar-refractivity contribution in [3.8, 4) is 0 Å². The first-order valence-corrected chi connectivity index (χ1v) is 6.28. The Labute approximate surface area is 119 Å². The van der Waals surface area contributed by atoms with Gasteiger partial charge in [-0.2, -0.15) is 0 Å². The van der Waals surface area contributed by atoms with Crippen molar-refractivity contribution >= 4 is 22.8 Å². The van der Waals surface area contributed by atoms with Crippen molar-refractivity contribution in [1.29, 1.82) is 0 Å². The molecule has 1 N–H and O–H groups in total. The highest BCUT2D eigenvalue weighted by atomic mass is 16.5. The maximum atomic E-state index is 12.1. The Kier molecular flexibility index (Phi) is 4.60. The van der Waals surface area contributed by atoms with Crippen LogP contribution in [-0.2, 0) is 20.9 Å². The van der Waals surface area contributed by atoms with Crippen LogP contribution in [0.2, 0.25) is 0 Å². The number of nitrogens with zero attached hydrogens (tertiary/aromatic N) is 3. The average molecular weight is 290 g/mol. The lowest BCUT2D eigenvalue weighted by Gasteiger charge is -2.05. The number of carbonyl (C=O) groups excluding carboxylic acids is 2. The standard InChI is InChI=1S/C13H14N4O4/c1-21-12(19)8-14-11(18)6-7-17-13(20)9-4-2-3-5-10(9)15-16-17/h2-5H,6-8H2,1H3,(H,14,18). The first kappa shape index (κ1) is 14.6. The van der Waals surface area contributed by atoms with E-state index in [4.69, 9.17) is 0 Å². The summed E-state index contributed by atoms with van der Waals surface area (Å²) in [4.78, 5) is 34.5. The van der Waals surface area contributed by atoms with Gasteiger partial charge in [-0.3, -0.25) is 14.4 Å². The van der Waals surface area contributed by atoms with Crippen LogP contribution in [-0.4, -0.2) is 40.5 Å². The summed E-state index contributed by atoms with van der Waals surface area (Å²) in [6.07, 6.45) is 0.0178. The maximum absolute atomic E-state index is 12.1. The molecule has 8 heteroatoms. The van der Waals surface area contributed by atoms with Gasteiger partial charge in [0.05, 0.1) is 19.0 Å². The Hall–Kier alpha value is -2.77. The third kappa shape index (κ3) is 3.62. The summed E-state index contributed by atoms with van der Waals surface area (Å²) in [5.74, 6) is -0.909. The van der Waals surface area contributed by atoms with Crippen molar-refractivity contribution in [1.82, 2.24) is 20.3 Å². The fraction of sp³-hybridized carbons (Fsp3) is 0.308. The van der Waals surface area contributed by atoms with Gasteiger partial charge in [-0.1, -0.05) is 17.3 Å². The van der Waals surface area contributed by atoms with E-state index in [2.05, 4.69) is 20.4 Å². The van der Waals surface area contributed by atoms with Crippen LogP contribution in [0, 0.1) is 0 Å². The molecule has 0 aliphatic carbocycles. The van der Waals surface area contributed by atoms with Crippen molar-refractivity contribution in [2.24, 2.45) is 0 Å². The summed E-state index contributed by atoms with van der Waals surface area (Å²) in [6.45, 7) is -0.114. The van der Waals surface area contributed by atoms with E-state index in [0.717, 1.165) is 4.68 Å². The number of fused-ring (bicyclic) bond motifs is 1. The molecule has 0 radical (unpaired) electrons. The molecular weight excluding hydrogens is 276 g/mol. The molecule has 0 aliphatic heterocycles. The molecule has 110 valence electrons. The minimum absolute atomic E-state index is 0.0178. The zero-order valence-electron chi connectivity index (χ0n) is 11.4. The summed E-state index contributed by atoms with van der Waals surface area (Å²) in [7, 11) is 1.23. The van der Waals surface area contributed by atoms with Crippen LogP contribution in [0.5, 0.6) is 0 Å². The molecule has 0 spiro atoms. The first-order valence-electron chi connectivity index (χ1n) is 6.28. The van der Waals surface area contributed by atoms with Crippen LogP contribution >= 0.6 is 0 Å². The normalized spacial score (nSPS) is 10.3. The quantitative estimate of drug-likeness (QED) is 0.743. The molecule has 0 fully saturated rings. The lowest BCUT2D eigenvalue weighted by molar-refractivity contribution is -0.141. The molecule has 0 saturated carbocycles. The molecule has 1 aromatic heterocycles. The van der Waals surface area contributed by atoms with E-state index in [9.17, 15) is 14.4 Å². The number of amides is 1. The monoisotopic (exact) mass is 290 g/mol. The highest BCUT2D eigenvalue weighted by Gasteiger charge is 2.08. The Morgan fingerprint density at radius 3 is 2.86 bits per heavy atom. The van der Waals surface area contributed by atoms with Crippen LogP contribution in [0.3, 0.4) is 0 Å². The molecule has 2 aromatic rings. The molecule has 8 nitrogen and oxygen atoms in total. The van der Waals surface area contributed by atoms with Gasteiger partial charge in [0.15, 0.2) is 0 Å². The number of carbonyl (C=O) groups is 2. The number of rotatable bonds is 5. The Bertz CT molecular complexity index is 725. The van der Waals surface area contributed by atoms with Crippen molar-refractivity contribution in [3.05, 3.63) is 34.6 Å². The van der Waals surface area contributed by atoms with Gasteiger partial charge in [0.25, 0.3) is 5.56 Å². The van der Waals surface area contributed by atoms with Crippen molar-refractivity contribution in [2.75, 3.05) is 13.7 Å². The summed E-state index contributed by atoms with van der Waals surface area (Å²) < 4.78 is 5.52. The molecule has 0 atom stereocenters. The number of hydrogen-bond acceptors (Lipinski definition) is 6. The fourth-order valence-electron chi connectivity index (χ4n) is 1.71. The number of aromatic nitrogens is 3. The topological polar surface area (TPSA) is 103 Å². The largest absolute Gasteiger partial charge is 0.468 e. The van der Waals surface area contributed by atoms with Gasteiger partial charge in [-0.05, 0) is 12.1 Å². The summed E-state index contributed by atoms with van der Waals surface area (Å²) in [5, 5.41) is 10.5. The molecule has 0 saturated heterocycles. The molecular formula is C13H14N4O4. The Morgan fingerprint density at radius 2 is 2.10 bits per heavy atom. The average Bonchev–Trinajstić information content (AvgIpc) is 2.52. The highest BCUT2D eigenvalue weighted by Crippen LogP contribution is 2.03. The van der Waals surface area contributed by atoms with Gasteiger partial charge in [0, 0.05) is 6.42 Å². The fourth-order valence-corrected chi connectivity index (χ4v) is 1.71. The van der Waals surface area contributed by atoms with E-state index in [1.807, 2.05) is 0 Å². The summed E-state index contributed by atoms with van der Waals surface area (Å²) in [5.41, 5.74) is 0.204. The van der Waals surface area contributed by atoms with Gasteiger partial charge in [-0.25, -0.2) is 4.68 Å². The molecule has 0 bridgehead atoms. The lowest BCUT2D eigenvalue weighted by atomic mass is 10.2. The minimum atomic E-state index is -0.536. The molecule has 21 heavy (non-hydrogen) atoms. The van der Waals surface area contributed by atoms with Gasteiger partial charge < -0.3 is 10.1 Å². The van der Waals surface area contributed by atoms with Crippen LogP contribution in [0.1, 0.15) is 6.42 Å². The van der Waals surface area contributed by atoms with E-state index in [1.54, 1.807) is 24.3 Å². The van der Waals surface area contributed by atoms with Gasteiger partial charge in [-0.15, -0.1) is 5.10 Å². The molecule has 1 aromatic carbocycles. The van der Waals surface area contributed by atoms with Crippen molar-refractivity contribution < 1.29 is 14.3 Å². The van der Waals surface area contributed by atoms with Gasteiger partial charge in [0.2, 0.25) is 5.91 Å². The van der Waals surface area contributed by atoms with E-state index in [-0.39, 0.29) is 31.0 Å². The maximum Gasteiger partial charge on any atom is 0.325 e. The van der Waals surface area contributed by atoms with Crippen LogP contribution in [0.4, 0.5) is 0 Å². The lowest BCUT2D eigenvalue weighted by Crippen LogP contribution is -2.32. The van der Waals surface area contributed by atoms with E-state index in [0.29, 0.717) is 10.9 Å². The number of hydrogen-bond donors (Lipinski definition) is 1. The zero-order chi connectivity index (χ0) is 15.2. The highest BCUT2D eigenvalue weighted by molar-refractivity contribution is 5.81. The Balaban J connectivity index is 2.01. The second kappa shape index (κ2) is 6.60. The predicted molar refractivity (Wildman–Crippen MR) is 73.4 cm³/mol. The smallest absolute Gasteiger partial charge is 0.325 e. The first-order chi connectivity index (χ1) is 10.1. The van der Waals surface area contributed by atoms with Crippen LogP contribution in [0.15, 0.2) is 29.1 Å². The molecule has 1 heterocycles. The van der Waals surface area contributed by atoms with Gasteiger partial charge >= 0.3 is 5.97 Å². The van der Waals surface area contributed by atoms with E-state index >= 15 is 0 Å². The molecule has 2 rings (SSSR count). The van der Waals surface area contributed by atoms with E-state index < -0.39 is 5.97 Å². The van der Waals surface area contributed by atoms with Crippen LogP contribution in [0.25, 0.3) is 10.9 Å². The number of benzene rings is 1. The molecule has 0 unspecified atom stereocenters. The predicted octanol–water partition coefficient (Wildman–Crippen LogP) is -0.529. The molecule has 0 aliphatic rings. The third-order valence-corrected chi connectivity index (χ3v) is 2.84. The second-order valence-electron chi connectivity index (χ2n) is 4.24. The molecule has 1 amide bonds. The van der Waals surface area contributed by atoms with Crippen LogP contribution < -0.4 is 10.9 Å². The minimum Gasteiger partial charge on any atom is -0.468 e. The van der Waals surface area contributed by atoms with Gasteiger partial charge in [0.1, 0.15) is 12.1 Å². The SMILES string of the molecule is COC(=O)CNC(=O)CCn1nnc2ccccc2c1=O. The van der Waals surface area contributed by atoms with Crippen molar-refractivity contribution in [3.63, 3.8) is 0 Å². The summed E-state index contributed by atoms with van der Waals surface area (Å²) in [6, 6.07) is 6.84. The summed E-state index contributed by atoms with van der Waals surface area (Å²) >= 11 is 0. The number of nitrogens with one attached hydrogen (secondary N) is 1. The zero-order valence-corrected chi connectivity index (χ0v) is 11.4. The Morgan fingerprint density at radius 1 is 1.33 bits per heavy atom.